The molecular formula is C27H37F6N8O2+. The first-order valence-corrected chi connectivity index (χ1v) is 14.2. The zero-order valence-electron chi connectivity index (χ0n) is 24.1. The third-order valence-corrected chi connectivity index (χ3v) is 6.98. The van der Waals surface area contributed by atoms with Crippen LogP contribution in [0.5, 0.6) is 0 Å². The molecule has 0 unspecified atom stereocenters. The van der Waals surface area contributed by atoms with Gasteiger partial charge in [-0.1, -0.05) is 5.11 Å². The van der Waals surface area contributed by atoms with Crippen molar-refractivity contribution < 1.29 is 40.5 Å². The number of carbonyl (C=O) groups excluding carboxylic acids is 2. The lowest BCUT2D eigenvalue weighted by Crippen LogP contribution is -2.40. The summed E-state index contributed by atoms with van der Waals surface area (Å²) in [4.78, 5) is 26.6. The predicted molar refractivity (Wildman–Crippen MR) is 148 cm³/mol. The number of benzene rings is 1. The van der Waals surface area contributed by atoms with Gasteiger partial charge in [-0.3, -0.25) is 9.59 Å². The zero-order chi connectivity index (χ0) is 31.6. The zero-order valence-corrected chi connectivity index (χ0v) is 24.1. The van der Waals surface area contributed by atoms with Crippen LogP contribution in [0.3, 0.4) is 0 Å². The number of azo groups is 1. The Morgan fingerprint density at radius 3 is 2.00 bits per heavy atom. The van der Waals surface area contributed by atoms with Crippen molar-refractivity contribution in [2.24, 2.45) is 10.2 Å². The van der Waals surface area contributed by atoms with E-state index < -0.39 is 24.2 Å². The summed E-state index contributed by atoms with van der Waals surface area (Å²) in [6.45, 7) is 8.17. The second-order valence-electron chi connectivity index (χ2n) is 9.94. The van der Waals surface area contributed by atoms with Gasteiger partial charge in [-0.05, 0) is 57.7 Å². The van der Waals surface area contributed by atoms with Crippen LogP contribution in [0.4, 0.5) is 49.4 Å². The molecule has 0 bridgehead atoms. The van der Waals surface area contributed by atoms with E-state index in [2.05, 4.69) is 33.9 Å². The van der Waals surface area contributed by atoms with Crippen LogP contribution in [0.25, 0.3) is 0 Å². The highest BCUT2D eigenvalue weighted by Gasteiger charge is 2.38. The molecule has 0 radical (unpaired) electrons. The Bertz CT molecular complexity index is 1210. The summed E-state index contributed by atoms with van der Waals surface area (Å²) in [5, 5.41) is 12.6. The van der Waals surface area contributed by atoms with Crippen molar-refractivity contribution in [2.75, 3.05) is 49.1 Å². The quantitative estimate of drug-likeness (QED) is 0.138. The molecule has 3 rings (SSSR count). The normalized spacial score (nSPS) is 13.9. The van der Waals surface area contributed by atoms with E-state index >= 15 is 0 Å². The molecule has 2 aromatic rings. The highest BCUT2D eigenvalue weighted by molar-refractivity contribution is 5.82. The van der Waals surface area contributed by atoms with Gasteiger partial charge in [-0.15, -0.1) is 0 Å². The summed E-state index contributed by atoms with van der Waals surface area (Å²) in [6.07, 6.45) is -4.94. The van der Waals surface area contributed by atoms with E-state index in [-0.39, 0.29) is 13.1 Å². The van der Waals surface area contributed by atoms with Crippen LogP contribution in [-0.4, -0.2) is 68.0 Å². The molecule has 2 amide bonds. The lowest BCUT2D eigenvalue weighted by molar-refractivity contribution is -0.684. The number of amides is 2. The van der Waals surface area contributed by atoms with Crippen LogP contribution in [0.1, 0.15) is 39.5 Å². The Morgan fingerprint density at radius 2 is 1.42 bits per heavy atom. The summed E-state index contributed by atoms with van der Waals surface area (Å²) in [5.41, 5.74) is 2.79. The van der Waals surface area contributed by atoms with Gasteiger partial charge in [0.1, 0.15) is 5.69 Å². The molecule has 0 fully saturated rings. The van der Waals surface area contributed by atoms with E-state index in [9.17, 15) is 35.9 Å². The third kappa shape index (κ3) is 9.58. The fourth-order valence-corrected chi connectivity index (χ4v) is 4.68. The Morgan fingerprint density at radius 1 is 0.837 bits per heavy atom. The van der Waals surface area contributed by atoms with Gasteiger partial charge in [0, 0.05) is 44.4 Å². The van der Waals surface area contributed by atoms with E-state index in [4.69, 9.17) is 0 Å². The van der Waals surface area contributed by atoms with Gasteiger partial charge in [-0.25, -0.2) is 9.13 Å². The third-order valence-electron chi connectivity index (χ3n) is 6.98. The maximum Gasteiger partial charge on any atom is 0.471 e. The number of nitrogens with zero attached hydrogens (tertiary/aromatic N) is 6. The number of likely N-dealkylation sites (N-methyl/N-ethyl adjacent to an activating group) is 2. The second-order valence-corrected chi connectivity index (χ2v) is 9.94. The smallest absolute Gasteiger partial charge is 0.368 e. The van der Waals surface area contributed by atoms with Crippen LogP contribution in [0.2, 0.25) is 0 Å². The van der Waals surface area contributed by atoms with Gasteiger partial charge in [0.05, 0.1) is 36.9 Å². The number of hydrogen-bond donors (Lipinski definition) is 2. The van der Waals surface area contributed by atoms with Gasteiger partial charge in [-0.2, -0.15) is 26.3 Å². The van der Waals surface area contributed by atoms with Crippen molar-refractivity contribution in [1.29, 1.82) is 0 Å². The van der Waals surface area contributed by atoms with Crippen LogP contribution in [-0.2, 0) is 22.7 Å². The molecule has 1 aliphatic rings. The Hall–Kier alpha value is -3.85. The number of alkyl halides is 6. The fourth-order valence-electron chi connectivity index (χ4n) is 4.68. The summed E-state index contributed by atoms with van der Waals surface area (Å²) >= 11 is 0. The molecule has 1 aliphatic heterocycles. The topological polar surface area (TPSA) is 98.2 Å². The van der Waals surface area contributed by atoms with Crippen LogP contribution < -0.4 is 25.0 Å². The van der Waals surface area contributed by atoms with E-state index in [1.54, 1.807) is 21.5 Å². The van der Waals surface area contributed by atoms with Crippen LogP contribution in [0.15, 0.2) is 40.8 Å². The number of fused-ring (bicyclic) bond motifs is 1. The van der Waals surface area contributed by atoms with Crippen molar-refractivity contribution in [3.05, 3.63) is 30.6 Å². The highest BCUT2D eigenvalue weighted by Crippen LogP contribution is 2.36. The van der Waals surface area contributed by atoms with Crippen molar-refractivity contribution >= 4 is 34.8 Å². The molecule has 0 spiro atoms. The molecule has 0 atom stereocenters. The van der Waals surface area contributed by atoms with Crippen molar-refractivity contribution in [2.45, 2.75) is 65.0 Å². The number of anilines is 2. The van der Waals surface area contributed by atoms with E-state index in [0.29, 0.717) is 50.4 Å². The largest absolute Gasteiger partial charge is 0.471 e. The van der Waals surface area contributed by atoms with Crippen molar-refractivity contribution in [3.63, 3.8) is 0 Å². The Labute approximate surface area is 245 Å². The average molecular weight is 620 g/mol. The summed E-state index contributed by atoms with van der Waals surface area (Å²) < 4.78 is 78.0. The SMILES string of the molecule is CCN1CCN(CC)c2cc(/N=N/c3n(CCCCNC(=O)C(F)(F)F)cc[n+]3CCCCNC(=O)C(F)(F)F)ccc21. The average Bonchev–Trinajstić information content (AvgIpc) is 3.34. The molecule has 16 heteroatoms. The lowest BCUT2D eigenvalue weighted by Gasteiger charge is -2.38. The molecule has 0 saturated heterocycles. The maximum absolute atomic E-state index is 12.4. The molecule has 238 valence electrons. The van der Waals surface area contributed by atoms with Gasteiger partial charge in [0.25, 0.3) is 0 Å². The number of carbonyl (C=O) groups is 2. The molecule has 10 nitrogen and oxygen atoms in total. The standard InChI is InChI=1S/C27H36F6N8O2/c1-3-38-15-16-39(4-2)22-19-20(9-10-21(22)38)36-37-25-40(13-7-5-11-34-23(42)26(28,29)30)17-18-41(25)14-8-6-12-35-24(43)27(31,32)33/h9-10,17-19H,3-8,11-16H2,1-2H3,(H-,34,35,42,43)/p+1. The molecule has 1 aromatic carbocycles. The Kier molecular flexibility index (Phi) is 11.8. The number of imidazole rings is 1. The van der Waals surface area contributed by atoms with E-state index in [0.717, 1.165) is 37.6 Å². The predicted octanol–water partition coefficient (Wildman–Crippen LogP) is 4.77. The number of aryl methyl sites for hydroxylation is 2. The molecule has 2 N–H and O–H groups in total. The van der Waals surface area contributed by atoms with Gasteiger partial charge < -0.3 is 20.4 Å². The van der Waals surface area contributed by atoms with Crippen LogP contribution >= 0.6 is 0 Å². The van der Waals surface area contributed by atoms with E-state index in [1.807, 2.05) is 28.8 Å². The monoisotopic (exact) mass is 619 g/mol. The maximum atomic E-state index is 12.4. The number of halogens is 6. The minimum Gasteiger partial charge on any atom is -0.368 e. The number of nitrogens with one attached hydrogen (secondary N) is 2. The number of hydrogen-bond acceptors (Lipinski definition) is 6. The minimum atomic E-state index is -4.94. The second kappa shape index (κ2) is 15.0. The van der Waals surface area contributed by atoms with Gasteiger partial charge >= 0.3 is 30.1 Å². The van der Waals surface area contributed by atoms with Gasteiger partial charge in [0.2, 0.25) is 0 Å². The summed E-state index contributed by atoms with van der Waals surface area (Å²) in [7, 11) is 0. The number of unbranched alkanes of at least 4 members (excludes halogenated alkanes) is 2. The van der Waals surface area contributed by atoms with Gasteiger partial charge in [0.15, 0.2) is 0 Å². The summed E-state index contributed by atoms with van der Waals surface area (Å²) in [6, 6.07) is 5.84. The molecule has 2 heterocycles. The Balaban J connectivity index is 1.71. The minimum absolute atomic E-state index is 0.141. The number of rotatable bonds is 14. The fraction of sp³-hybridized carbons (Fsp3) is 0.593. The van der Waals surface area contributed by atoms with Crippen molar-refractivity contribution in [3.8, 4) is 0 Å². The molecule has 43 heavy (non-hydrogen) atoms. The lowest BCUT2D eigenvalue weighted by atomic mass is 10.1. The first-order valence-electron chi connectivity index (χ1n) is 14.2. The molecule has 0 saturated carbocycles. The molecular weight excluding hydrogens is 582 g/mol. The van der Waals surface area contributed by atoms with Crippen LogP contribution in [0, 0.1) is 0 Å². The summed E-state index contributed by atoms with van der Waals surface area (Å²) in [5.74, 6) is -3.53. The first-order chi connectivity index (χ1) is 20.3. The molecule has 0 aliphatic carbocycles. The highest BCUT2D eigenvalue weighted by atomic mass is 19.4. The first kappa shape index (κ1) is 33.6. The molecule has 1 aromatic heterocycles. The van der Waals surface area contributed by atoms with E-state index in [1.165, 1.54) is 0 Å². The van der Waals surface area contributed by atoms with Crippen molar-refractivity contribution in [1.82, 2.24) is 15.2 Å². The number of aromatic nitrogens is 2.